The van der Waals surface area contributed by atoms with Crippen molar-refractivity contribution >= 4 is 5.69 Å². The third kappa shape index (κ3) is 1.93. The lowest BCUT2D eigenvalue weighted by Gasteiger charge is -2.29. The lowest BCUT2D eigenvalue weighted by molar-refractivity contribution is 0.556. The molecule has 3 rings (SSSR count). The van der Waals surface area contributed by atoms with Gasteiger partial charge in [-0.25, -0.2) is 4.39 Å². The summed E-state index contributed by atoms with van der Waals surface area (Å²) in [6.45, 7) is 1.98. The molecular formula is C14H19FN2. The highest BCUT2D eigenvalue weighted by atomic mass is 19.1. The molecule has 1 heterocycles. The van der Waals surface area contributed by atoms with E-state index in [1.54, 1.807) is 6.07 Å². The summed E-state index contributed by atoms with van der Waals surface area (Å²) in [6, 6.07) is 3.73. The van der Waals surface area contributed by atoms with Gasteiger partial charge in [0, 0.05) is 19.1 Å². The van der Waals surface area contributed by atoms with Crippen molar-refractivity contribution in [1.82, 2.24) is 0 Å². The van der Waals surface area contributed by atoms with Crippen molar-refractivity contribution in [3.63, 3.8) is 0 Å². The first-order valence-electron chi connectivity index (χ1n) is 6.58. The van der Waals surface area contributed by atoms with Gasteiger partial charge < -0.3 is 10.6 Å². The highest BCUT2D eigenvalue weighted by Gasteiger charge is 2.23. The topological polar surface area (TPSA) is 29.3 Å². The van der Waals surface area contributed by atoms with Gasteiger partial charge in [-0.1, -0.05) is 0 Å². The second kappa shape index (κ2) is 4.30. The van der Waals surface area contributed by atoms with E-state index in [0.29, 0.717) is 0 Å². The van der Waals surface area contributed by atoms with Gasteiger partial charge in [-0.05, 0) is 55.4 Å². The van der Waals surface area contributed by atoms with Crippen LogP contribution >= 0.6 is 0 Å². The molecule has 0 saturated carbocycles. The SMILES string of the molecule is N[C@H]1CCc2cc(N3CCCCC3)c(F)cc21. The molecule has 1 atom stereocenters. The normalized spacial score (nSPS) is 23.9. The Labute approximate surface area is 102 Å². The second-order valence-corrected chi connectivity index (χ2v) is 5.20. The molecule has 1 saturated heterocycles. The molecule has 1 aromatic rings. The Kier molecular flexibility index (Phi) is 2.79. The monoisotopic (exact) mass is 234 g/mol. The molecule has 17 heavy (non-hydrogen) atoms. The van der Waals surface area contributed by atoms with Crippen LogP contribution in [-0.2, 0) is 6.42 Å². The maximum Gasteiger partial charge on any atom is 0.146 e. The van der Waals surface area contributed by atoms with Crippen LogP contribution in [-0.4, -0.2) is 13.1 Å². The van der Waals surface area contributed by atoms with Crippen LogP contribution in [0.2, 0.25) is 0 Å². The number of fused-ring (bicyclic) bond motifs is 1. The summed E-state index contributed by atoms with van der Waals surface area (Å²) in [5.41, 5.74) is 9.02. The number of piperidine rings is 1. The van der Waals surface area contributed by atoms with Gasteiger partial charge in [-0.2, -0.15) is 0 Å². The van der Waals surface area contributed by atoms with E-state index in [0.717, 1.165) is 37.2 Å². The third-order valence-corrected chi connectivity index (χ3v) is 4.03. The largest absolute Gasteiger partial charge is 0.369 e. The highest BCUT2D eigenvalue weighted by Crippen LogP contribution is 2.34. The van der Waals surface area contributed by atoms with E-state index in [1.165, 1.54) is 24.8 Å². The molecule has 1 aliphatic carbocycles. The van der Waals surface area contributed by atoms with Crippen molar-refractivity contribution in [3.8, 4) is 0 Å². The zero-order valence-electron chi connectivity index (χ0n) is 10.1. The van der Waals surface area contributed by atoms with Crippen molar-refractivity contribution < 1.29 is 4.39 Å². The Bertz CT molecular complexity index is 424. The summed E-state index contributed by atoms with van der Waals surface area (Å²) >= 11 is 0. The lowest BCUT2D eigenvalue weighted by Crippen LogP contribution is -2.30. The maximum atomic E-state index is 14.1. The molecule has 92 valence electrons. The minimum absolute atomic E-state index is 0.0369. The molecule has 0 bridgehead atoms. The molecule has 2 nitrogen and oxygen atoms in total. The molecule has 1 aromatic carbocycles. The van der Waals surface area contributed by atoms with E-state index in [2.05, 4.69) is 4.90 Å². The van der Waals surface area contributed by atoms with E-state index in [4.69, 9.17) is 5.73 Å². The van der Waals surface area contributed by atoms with Crippen LogP contribution in [0.3, 0.4) is 0 Å². The Morgan fingerprint density at radius 2 is 1.94 bits per heavy atom. The number of hydrogen-bond donors (Lipinski definition) is 1. The van der Waals surface area contributed by atoms with Gasteiger partial charge in [0.1, 0.15) is 5.82 Å². The van der Waals surface area contributed by atoms with Gasteiger partial charge in [-0.3, -0.25) is 0 Å². The van der Waals surface area contributed by atoms with Crippen LogP contribution in [0.15, 0.2) is 12.1 Å². The van der Waals surface area contributed by atoms with Crippen LogP contribution < -0.4 is 10.6 Å². The lowest BCUT2D eigenvalue weighted by atomic mass is 10.0. The number of anilines is 1. The third-order valence-electron chi connectivity index (χ3n) is 4.03. The van der Waals surface area contributed by atoms with Crippen molar-refractivity contribution in [2.75, 3.05) is 18.0 Å². The fourth-order valence-electron chi connectivity index (χ4n) is 3.03. The Morgan fingerprint density at radius 3 is 2.71 bits per heavy atom. The first-order valence-corrected chi connectivity index (χ1v) is 6.58. The minimum Gasteiger partial charge on any atom is -0.369 e. The van der Waals surface area contributed by atoms with Crippen molar-refractivity contribution in [2.45, 2.75) is 38.1 Å². The minimum atomic E-state index is -0.0944. The van der Waals surface area contributed by atoms with Crippen LogP contribution in [0.4, 0.5) is 10.1 Å². The van der Waals surface area contributed by atoms with E-state index in [9.17, 15) is 4.39 Å². The van der Waals surface area contributed by atoms with Crippen LogP contribution in [0.5, 0.6) is 0 Å². The number of aryl methyl sites for hydroxylation is 1. The van der Waals surface area contributed by atoms with E-state index in [1.807, 2.05) is 6.07 Å². The fraction of sp³-hybridized carbons (Fsp3) is 0.571. The molecule has 0 aromatic heterocycles. The number of nitrogens with two attached hydrogens (primary N) is 1. The van der Waals surface area contributed by atoms with E-state index >= 15 is 0 Å². The van der Waals surface area contributed by atoms with Crippen molar-refractivity contribution in [1.29, 1.82) is 0 Å². The quantitative estimate of drug-likeness (QED) is 0.809. The number of nitrogens with zero attached hydrogens (tertiary/aromatic N) is 1. The predicted molar refractivity (Wildman–Crippen MR) is 67.7 cm³/mol. The summed E-state index contributed by atoms with van der Waals surface area (Å²) in [7, 11) is 0. The van der Waals surface area contributed by atoms with Gasteiger partial charge in [0.2, 0.25) is 0 Å². The molecule has 2 aliphatic rings. The first kappa shape index (κ1) is 11.0. The molecule has 0 radical (unpaired) electrons. The van der Waals surface area contributed by atoms with Crippen molar-refractivity contribution in [3.05, 3.63) is 29.1 Å². The van der Waals surface area contributed by atoms with Gasteiger partial charge in [0.05, 0.1) is 5.69 Å². The summed E-state index contributed by atoms with van der Waals surface area (Å²) < 4.78 is 14.1. The Hall–Kier alpha value is -1.09. The Balaban J connectivity index is 1.95. The van der Waals surface area contributed by atoms with E-state index < -0.39 is 0 Å². The summed E-state index contributed by atoms with van der Waals surface area (Å²) in [5.74, 6) is -0.0944. The zero-order chi connectivity index (χ0) is 11.8. The first-order chi connectivity index (χ1) is 8.25. The standard InChI is InChI=1S/C14H19FN2/c15-12-9-11-10(4-5-13(11)16)8-14(12)17-6-2-1-3-7-17/h8-9,13H,1-7,16H2/t13-/m0/s1. The van der Waals surface area contributed by atoms with Crippen LogP contribution in [0.25, 0.3) is 0 Å². The van der Waals surface area contributed by atoms with Gasteiger partial charge in [0.25, 0.3) is 0 Å². The molecular weight excluding hydrogens is 215 g/mol. The summed E-state index contributed by atoms with van der Waals surface area (Å²) in [6.07, 6.45) is 5.58. The summed E-state index contributed by atoms with van der Waals surface area (Å²) in [4.78, 5) is 2.18. The number of rotatable bonds is 1. The van der Waals surface area contributed by atoms with Crippen molar-refractivity contribution in [2.24, 2.45) is 5.73 Å². The Morgan fingerprint density at radius 1 is 1.18 bits per heavy atom. The maximum absolute atomic E-state index is 14.1. The number of hydrogen-bond acceptors (Lipinski definition) is 2. The average Bonchev–Trinajstić information content (AvgIpc) is 2.71. The molecule has 0 amide bonds. The van der Waals surface area contributed by atoms with Crippen LogP contribution in [0.1, 0.15) is 42.9 Å². The van der Waals surface area contributed by atoms with Gasteiger partial charge in [0.15, 0.2) is 0 Å². The average molecular weight is 234 g/mol. The number of benzene rings is 1. The fourth-order valence-corrected chi connectivity index (χ4v) is 3.03. The smallest absolute Gasteiger partial charge is 0.146 e. The molecule has 0 spiro atoms. The molecule has 0 unspecified atom stereocenters. The highest BCUT2D eigenvalue weighted by molar-refractivity contribution is 5.54. The van der Waals surface area contributed by atoms with Gasteiger partial charge in [-0.15, -0.1) is 0 Å². The zero-order valence-corrected chi connectivity index (χ0v) is 10.1. The van der Waals surface area contributed by atoms with Gasteiger partial charge >= 0.3 is 0 Å². The predicted octanol–water partition coefficient (Wildman–Crippen LogP) is 2.76. The molecule has 1 aliphatic heterocycles. The number of halogens is 1. The van der Waals surface area contributed by atoms with E-state index in [-0.39, 0.29) is 11.9 Å². The molecule has 3 heteroatoms. The summed E-state index contributed by atoms with van der Waals surface area (Å²) in [5, 5.41) is 0. The van der Waals surface area contributed by atoms with Crippen LogP contribution in [0, 0.1) is 5.82 Å². The second-order valence-electron chi connectivity index (χ2n) is 5.20. The molecule has 2 N–H and O–H groups in total. The molecule has 1 fully saturated rings.